The summed E-state index contributed by atoms with van der Waals surface area (Å²) in [6.45, 7) is 13.5. The Morgan fingerprint density at radius 2 is 1.47 bits per heavy atom. The Labute approximate surface area is 227 Å². The van der Waals surface area contributed by atoms with Crippen molar-refractivity contribution in [3.8, 4) is 0 Å². The lowest BCUT2D eigenvalue weighted by atomic mass is 10.2. The number of imidazole rings is 1. The van der Waals surface area contributed by atoms with Crippen LogP contribution in [-0.2, 0) is 27.9 Å². The lowest BCUT2D eigenvalue weighted by molar-refractivity contribution is -0.117. The third-order valence-electron chi connectivity index (χ3n) is 5.32. The van der Waals surface area contributed by atoms with Gasteiger partial charge in [-0.1, -0.05) is 44.2 Å². The molecule has 0 atom stereocenters. The lowest BCUT2D eigenvalue weighted by Crippen LogP contribution is -2.51. The average molecular weight is 532 g/mol. The number of amides is 3. The molecule has 0 unspecified atom stereocenters. The number of piperazine rings is 1. The molecule has 3 amide bonds. The van der Waals surface area contributed by atoms with Gasteiger partial charge in [-0.3, -0.25) is 4.79 Å². The summed E-state index contributed by atoms with van der Waals surface area (Å²) in [6.07, 6.45) is 8.01. The Balaban J connectivity index is 0.000000388. The van der Waals surface area contributed by atoms with Crippen LogP contribution in [0.15, 0.2) is 49.1 Å². The number of carbonyl (C=O) groups excluding carboxylic acids is 3. The van der Waals surface area contributed by atoms with Crippen LogP contribution < -0.4 is 0 Å². The second kappa shape index (κ2) is 17.8. The molecule has 212 valence electrons. The minimum absolute atomic E-state index is 0.256. The summed E-state index contributed by atoms with van der Waals surface area (Å²) in [5.41, 5.74) is 0.441. The van der Waals surface area contributed by atoms with Crippen molar-refractivity contribution in [1.29, 1.82) is 0 Å². The van der Waals surface area contributed by atoms with Gasteiger partial charge < -0.3 is 28.7 Å². The van der Waals surface area contributed by atoms with E-state index in [1.165, 1.54) is 12.8 Å². The molecule has 2 aliphatic rings. The summed E-state index contributed by atoms with van der Waals surface area (Å²) >= 11 is 0. The molecule has 4 rings (SSSR count). The maximum atomic E-state index is 12.0. The predicted molar refractivity (Wildman–Crippen MR) is 147 cm³/mol. The van der Waals surface area contributed by atoms with Gasteiger partial charge in [-0.15, -0.1) is 0 Å². The van der Waals surface area contributed by atoms with E-state index in [2.05, 4.69) is 4.98 Å². The number of nitrogens with zero attached hydrogens (tertiary/aromatic N) is 5. The van der Waals surface area contributed by atoms with Crippen LogP contribution in [-0.4, -0.2) is 87.7 Å². The number of benzene rings is 1. The second-order valence-electron chi connectivity index (χ2n) is 9.57. The number of rotatable bonds is 3. The maximum absolute atomic E-state index is 12.0. The van der Waals surface area contributed by atoms with Crippen molar-refractivity contribution >= 4 is 18.6 Å². The summed E-state index contributed by atoms with van der Waals surface area (Å²) in [6, 6.07) is 9.55. The van der Waals surface area contributed by atoms with Gasteiger partial charge in [0.2, 0.25) is 6.41 Å². The van der Waals surface area contributed by atoms with Gasteiger partial charge in [0.25, 0.3) is 0 Å². The molecule has 2 fully saturated rings. The number of carbonyl (C=O) groups is 3. The molecular weight excluding hydrogens is 486 g/mol. The van der Waals surface area contributed by atoms with E-state index >= 15 is 0 Å². The van der Waals surface area contributed by atoms with Gasteiger partial charge in [0.05, 0.1) is 6.33 Å². The standard InChI is InChI=1S/C17H24N2O4.C5H9NO.C4H6N2.C2H6/c1-17(2,3)23-16(21)19-11-9-18(10-12-19)15(20)22-13-14-7-5-4-6-8-14;7-5-6-3-1-2-4-6;1-6-3-2-5-4-6;1-2/h4-8H,9-13H2,1-3H3;5H,1-4H2;2-4H,1H3;1-2H3. The van der Waals surface area contributed by atoms with Crippen LogP contribution in [0.3, 0.4) is 0 Å². The van der Waals surface area contributed by atoms with E-state index in [0.717, 1.165) is 25.1 Å². The van der Waals surface area contributed by atoms with Gasteiger partial charge in [-0.2, -0.15) is 0 Å². The smallest absolute Gasteiger partial charge is 0.410 e. The molecule has 0 spiro atoms. The van der Waals surface area contributed by atoms with E-state index in [-0.39, 0.29) is 18.8 Å². The predicted octanol–water partition coefficient (Wildman–Crippen LogP) is 4.56. The average Bonchev–Trinajstić information content (AvgIpc) is 3.63. The fourth-order valence-electron chi connectivity index (χ4n) is 3.38. The molecule has 2 saturated heterocycles. The molecule has 10 heteroatoms. The zero-order valence-corrected chi connectivity index (χ0v) is 23.8. The first-order valence-electron chi connectivity index (χ1n) is 13.2. The molecule has 0 bridgehead atoms. The van der Waals surface area contributed by atoms with Gasteiger partial charge in [0.1, 0.15) is 12.2 Å². The highest BCUT2D eigenvalue weighted by atomic mass is 16.6. The largest absolute Gasteiger partial charge is 0.445 e. The van der Waals surface area contributed by atoms with E-state index in [1.807, 2.05) is 82.8 Å². The summed E-state index contributed by atoms with van der Waals surface area (Å²) < 4.78 is 12.5. The van der Waals surface area contributed by atoms with Crippen LogP contribution >= 0.6 is 0 Å². The molecule has 3 heterocycles. The van der Waals surface area contributed by atoms with Crippen LogP contribution in [0.4, 0.5) is 9.59 Å². The number of aryl methyl sites for hydroxylation is 1. The quantitative estimate of drug-likeness (QED) is 0.539. The van der Waals surface area contributed by atoms with Crippen molar-refractivity contribution in [2.45, 2.75) is 59.7 Å². The monoisotopic (exact) mass is 531 g/mol. The summed E-state index contributed by atoms with van der Waals surface area (Å²) in [4.78, 5) is 42.8. The molecule has 2 aromatic rings. The fourth-order valence-corrected chi connectivity index (χ4v) is 3.38. The molecule has 0 saturated carbocycles. The molecule has 0 radical (unpaired) electrons. The van der Waals surface area contributed by atoms with Crippen molar-refractivity contribution in [3.05, 3.63) is 54.6 Å². The Morgan fingerprint density at radius 3 is 1.87 bits per heavy atom. The van der Waals surface area contributed by atoms with E-state index in [1.54, 1.807) is 27.2 Å². The Kier molecular flexibility index (Phi) is 15.2. The molecule has 38 heavy (non-hydrogen) atoms. The van der Waals surface area contributed by atoms with Crippen LogP contribution in [0.25, 0.3) is 0 Å². The van der Waals surface area contributed by atoms with Gasteiger partial charge in [0.15, 0.2) is 0 Å². The van der Waals surface area contributed by atoms with Crippen LogP contribution in [0.1, 0.15) is 53.0 Å². The molecule has 0 N–H and O–H groups in total. The third-order valence-corrected chi connectivity index (χ3v) is 5.32. The highest BCUT2D eigenvalue weighted by Gasteiger charge is 2.28. The Hall–Kier alpha value is -3.56. The van der Waals surface area contributed by atoms with Gasteiger partial charge in [-0.25, -0.2) is 14.6 Å². The zero-order valence-electron chi connectivity index (χ0n) is 23.8. The van der Waals surface area contributed by atoms with Crippen molar-refractivity contribution in [1.82, 2.24) is 24.3 Å². The lowest BCUT2D eigenvalue weighted by Gasteiger charge is -2.35. The van der Waals surface area contributed by atoms with E-state index < -0.39 is 5.60 Å². The molecule has 1 aromatic heterocycles. The zero-order chi connectivity index (χ0) is 28.4. The first-order valence-corrected chi connectivity index (χ1v) is 13.2. The molecular formula is C28H45N5O5. The van der Waals surface area contributed by atoms with Crippen molar-refractivity contribution in [3.63, 3.8) is 0 Å². The topological polar surface area (TPSA) is 97.2 Å². The minimum Gasteiger partial charge on any atom is -0.445 e. The summed E-state index contributed by atoms with van der Waals surface area (Å²) in [7, 11) is 1.94. The van der Waals surface area contributed by atoms with E-state index in [9.17, 15) is 14.4 Å². The van der Waals surface area contributed by atoms with Crippen molar-refractivity contribution in [2.75, 3.05) is 39.3 Å². The highest BCUT2D eigenvalue weighted by molar-refractivity contribution is 5.70. The van der Waals surface area contributed by atoms with Gasteiger partial charge in [0, 0.05) is 58.7 Å². The second-order valence-corrected chi connectivity index (χ2v) is 9.57. The van der Waals surface area contributed by atoms with Crippen LogP contribution in [0.5, 0.6) is 0 Å². The molecule has 1 aromatic carbocycles. The summed E-state index contributed by atoms with van der Waals surface area (Å²) in [5, 5.41) is 0. The maximum Gasteiger partial charge on any atom is 0.410 e. The minimum atomic E-state index is -0.511. The van der Waals surface area contributed by atoms with Gasteiger partial charge >= 0.3 is 12.2 Å². The normalized spacial score (nSPS) is 14.5. The van der Waals surface area contributed by atoms with E-state index in [0.29, 0.717) is 26.2 Å². The Morgan fingerprint density at radius 1 is 0.921 bits per heavy atom. The first kappa shape index (κ1) is 32.5. The van der Waals surface area contributed by atoms with Gasteiger partial charge in [-0.05, 0) is 39.2 Å². The number of hydrogen-bond acceptors (Lipinski definition) is 6. The first-order chi connectivity index (χ1) is 18.2. The number of likely N-dealkylation sites (tertiary alicyclic amines) is 1. The molecule has 0 aliphatic carbocycles. The van der Waals surface area contributed by atoms with Crippen LogP contribution in [0.2, 0.25) is 0 Å². The molecule has 10 nitrogen and oxygen atoms in total. The van der Waals surface area contributed by atoms with Crippen LogP contribution in [0, 0.1) is 0 Å². The SMILES string of the molecule is CC.CC(C)(C)OC(=O)N1CCN(C(=O)OCc2ccccc2)CC1.Cn1ccnc1.O=CN1CCCC1. The number of aromatic nitrogens is 2. The van der Waals surface area contributed by atoms with Crippen molar-refractivity contribution in [2.24, 2.45) is 7.05 Å². The Bertz CT molecular complexity index is 901. The summed E-state index contributed by atoms with van der Waals surface area (Å²) in [5.74, 6) is 0. The molecule has 2 aliphatic heterocycles. The number of hydrogen-bond donors (Lipinski definition) is 0. The highest BCUT2D eigenvalue weighted by Crippen LogP contribution is 2.13. The number of ether oxygens (including phenoxy) is 2. The van der Waals surface area contributed by atoms with Crippen molar-refractivity contribution < 1.29 is 23.9 Å². The third kappa shape index (κ3) is 13.7. The fraction of sp³-hybridized carbons (Fsp3) is 0.571. The van der Waals surface area contributed by atoms with E-state index in [4.69, 9.17) is 9.47 Å².